The molecule has 3 heteroatoms. The monoisotopic (exact) mass is 321 g/mol. The van der Waals surface area contributed by atoms with Crippen LogP contribution in [0.5, 0.6) is 0 Å². The van der Waals surface area contributed by atoms with Crippen LogP contribution >= 0.6 is 23.2 Å². The summed E-state index contributed by atoms with van der Waals surface area (Å²) in [4.78, 5) is 0. The fourth-order valence-electron chi connectivity index (χ4n) is 2.58. The van der Waals surface area contributed by atoms with Gasteiger partial charge >= 0.3 is 0 Å². The maximum absolute atomic E-state index is 6.33. The molecule has 1 N–H and O–H groups in total. The van der Waals surface area contributed by atoms with Crippen molar-refractivity contribution in [3.05, 3.63) is 69.2 Å². The molecule has 2 aromatic carbocycles. The first-order valence-corrected chi connectivity index (χ1v) is 7.98. The van der Waals surface area contributed by atoms with Gasteiger partial charge in [-0.15, -0.1) is 0 Å². The van der Waals surface area contributed by atoms with Gasteiger partial charge in [-0.25, -0.2) is 0 Å². The molecule has 0 spiro atoms. The van der Waals surface area contributed by atoms with Gasteiger partial charge in [0.2, 0.25) is 0 Å². The molecule has 2 rings (SSSR count). The van der Waals surface area contributed by atoms with Crippen molar-refractivity contribution in [2.45, 2.75) is 26.3 Å². The molecule has 1 unspecified atom stereocenters. The molecule has 2 aromatic rings. The van der Waals surface area contributed by atoms with Crippen LogP contribution in [0.25, 0.3) is 0 Å². The van der Waals surface area contributed by atoms with Gasteiger partial charge in [0.05, 0.1) is 6.04 Å². The van der Waals surface area contributed by atoms with Crippen molar-refractivity contribution in [2.75, 3.05) is 7.05 Å². The van der Waals surface area contributed by atoms with Crippen LogP contribution in [-0.2, 0) is 6.42 Å². The van der Waals surface area contributed by atoms with Crippen LogP contribution in [0.2, 0.25) is 10.0 Å². The number of hydrogen-bond acceptors (Lipinski definition) is 1. The second-order valence-corrected chi connectivity index (χ2v) is 6.51. The van der Waals surface area contributed by atoms with Crippen LogP contribution in [0.1, 0.15) is 36.6 Å². The fraction of sp³-hybridized carbons (Fsp3) is 0.333. The Morgan fingerprint density at radius 3 is 2.00 bits per heavy atom. The third-order valence-electron chi connectivity index (χ3n) is 3.53. The minimum atomic E-state index is -0.000648. The molecule has 0 aliphatic heterocycles. The zero-order chi connectivity index (χ0) is 15.4. The molecule has 0 radical (unpaired) electrons. The summed E-state index contributed by atoms with van der Waals surface area (Å²) in [7, 11) is 1.92. The van der Waals surface area contributed by atoms with E-state index in [2.05, 4.69) is 43.4 Å². The lowest BCUT2D eigenvalue weighted by molar-refractivity contribution is 0.645. The number of halogens is 2. The van der Waals surface area contributed by atoms with Crippen molar-refractivity contribution in [1.29, 1.82) is 0 Å². The zero-order valence-electron chi connectivity index (χ0n) is 12.7. The maximum atomic E-state index is 6.33. The molecule has 0 saturated heterocycles. The normalized spacial score (nSPS) is 12.7. The van der Waals surface area contributed by atoms with Gasteiger partial charge in [-0.3, -0.25) is 0 Å². The molecule has 0 aliphatic rings. The van der Waals surface area contributed by atoms with Crippen LogP contribution in [0, 0.1) is 5.92 Å². The Morgan fingerprint density at radius 1 is 0.952 bits per heavy atom. The second-order valence-electron chi connectivity index (χ2n) is 5.70. The summed E-state index contributed by atoms with van der Waals surface area (Å²) in [5.74, 6) is 0.661. The van der Waals surface area contributed by atoms with E-state index in [1.165, 1.54) is 11.1 Å². The average molecular weight is 322 g/mol. The SMILES string of the molecule is CNC(c1ccc(CC(C)C)cc1)c1c(Cl)cccc1Cl. The standard InChI is InChI=1S/C18H21Cl2N/c1-12(2)11-13-7-9-14(10-8-13)18(21-3)17-15(19)5-4-6-16(17)20/h4-10,12,18,21H,11H2,1-3H3. The van der Waals surface area contributed by atoms with Crippen molar-refractivity contribution < 1.29 is 0 Å². The topological polar surface area (TPSA) is 12.0 Å². The zero-order valence-corrected chi connectivity index (χ0v) is 14.2. The Morgan fingerprint density at radius 2 is 1.52 bits per heavy atom. The van der Waals surface area contributed by atoms with Gasteiger partial charge in [0.1, 0.15) is 0 Å². The summed E-state index contributed by atoms with van der Waals surface area (Å²) >= 11 is 12.7. The van der Waals surface area contributed by atoms with E-state index in [1.807, 2.05) is 25.2 Å². The predicted molar refractivity (Wildman–Crippen MR) is 92.3 cm³/mol. The first-order chi connectivity index (χ1) is 10.0. The fourth-order valence-corrected chi connectivity index (χ4v) is 3.20. The Balaban J connectivity index is 2.33. The smallest absolute Gasteiger partial charge is 0.0603 e. The van der Waals surface area contributed by atoms with E-state index < -0.39 is 0 Å². The largest absolute Gasteiger partial charge is 0.309 e. The Labute approximate surface area is 137 Å². The van der Waals surface area contributed by atoms with Crippen LogP contribution in [0.3, 0.4) is 0 Å². The van der Waals surface area contributed by atoms with Crippen molar-refractivity contribution in [2.24, 2.45) is 5.92 Å². The molecule has 0 amide bonds. The Bertz CT molecular complexity index is 570. The van der Waals surface area contributed by atoms with E-state index >= 15 is 0 Å². The number of hydrogen-bond donors (Lipinski definition) is 1. The second kappa shape index (κ2) is 7.31. The summed E-state index contributed by atoms with van der Waals surface area (Å²) in [5, 5.41) is 4.68. The van der Waals surface area contributed by atoms with E-state index in [4.69, 9.17) is 23.2 Å². The van der Waals surface area contributed by atoms with Crippen molar-refractivity contribution in [3.63, 3.8) is 0 Å². The van der Waals surface area contributed by atoms with Crippen LogP contribution in [0.4, 0.5) is 0 Å². The third kappa shape index (κ3) is 4.00. The molecular formula is C18H21Cl2N. The van der Waals surface area contributed by atoms with Crippen molar-refractivity contribution in [3.8, 4) is 0 Å². The summed E-state index contributed by atoms with van der Waals surface area (Å²) < 4.78 is 0. The minimum absolute atomic E-state index is 0.000648. The predicted octanol–water partition coefficient (Wildman–Crippen LogP) is 5.50. The number of benzene rings is 2. The van der Waals surface area contributed by atoms with Gasteiger partial charge in [-0.2, -0.15) is 0 Å². The molecular weight excluding hydrogens is 301 g/mol. The lowest BCUT2D eigenvalue weighted by Gasteiger charge is -2.20. The van der Waals surface area contributed by atoms with Gasteiger partial charge in [0.25, 0.3) is 0 Å². The minimum Gasteiger partial charge on any atom is -0.309 e. The Kier molecular flexibility index (Phi) is 5.69. The first kappa shape index (κ1) is 16.4. The first-order valence-electron chi connectivity index (χ1n) is 7.23. The van der Waals surface area contributed by atoms with Gasteiger partial charge in [-0.1, -0.05) is 67.4 Å². The lowest BCUT2D eigenvalue weighted by atomic mass is 9.95. The summed E-state index contributed by atoms with van der Waals surface area (Å²) in [6.45, 7) is 4.46. The molecule has 0 bridgehead atoms. The van der Waals surface area contributed by atoms with E-state index in [1.54, 1.807) is 0 Å². The van der Waals surface area contributed by atoms with E-state index in [-0.39, 0.29) is 6.04 Å². The van der Waals surface area contributed by atoms with Crippen LogP contribution < -0.4 is 5.32 Å². The molecule has 21 heavy (non-hydrogen) atoms. The highest BCUT2D eigenvalue weighted by Gasteiger charge is 2.18. The molecule has 1 atom stereocenters. The highest BCUT2D eigenvalue weighted by molar-refractivity contribution is 6.36. The van der Waals surface area contributed by atoms with Gasteiger partial charge in [0.15, 0.2) is 0 Å². The molecule has 0 saturated carbocycles. The Hall–Kier alpha value is -1.02. The van der Waals surface area contributed by atoms with Crippen molar-refractivity contribution in [1.82, 2.24) is 5.32 Å². The highest BCUT2D eigenvalue weighted by Crippen LogP contribution is 2.34. The van der Waals surface area contributed by atoms with E-state index in [0.717, 1.165) is 12.0 Å². The highest BCUT2D eigenvalue weighted by atomic mass is 35.5. The van der Waals surface area contributed by atoms with Gasteiger partial charge < -0.3 is 5.32 Å². The maximum Gasteiger partial charge on any atom is 0.0603 e. The average Bonchev–Trinajstić information content (AvgIpc) is 2.44. The molecule has 0 aromatic heterocycles. The van der Waals surface area contributed by atoms with E-state index in [0.29, 0.717) is 16.0 Å². The van der Waals surface area contributed by atoms with Gasteiger partial charge in [0, 0.05) is 15.6 Å². The summed E-state index contributed by atoms with van der Waals surface area (Å²) in [6.07, 6.45) is 1.09. The quantitative estimate of drug-likeness (QED) is 0.766. The third-order valence-corrected chi connectivity index (χ3v) is 4.19. The molecule has 0 heterocycles. The molecule has 0 fully saturated rings. The van der Waals surface area contributed by atoms with Crippen LogP contribution in [-0.4, -0.2) is 7.05 Å². The van der Waals surface area contributed by atoms with Gasteiger partial charge in [-0.05, 0) is 42.6 Å². The number of nitrogens with one attached hydrogen (secondary N) is 1. The lowest BCUT2D eigenvalue weighted by Crippen LogP contribution is -2.18. The molecule has 1 nitrogen and oxygen atoms in total. The van der Waals surface area contributed by atoms with Crippen molar-refractivity contribution >= 4 is 23.2 Å². The van der Waals surface area contributed by atoms with Crippen LogP contribution in [0.15, 0.2) is 42.5 Å². The van der Waals surface area contributed by atoms with E-state index in [9.17, 15) is 0 Å². The summed E-state index contributed by atoms with van der Waals surface area (Å²) in [6, 6.07) is 14.3. The molecule has 112 valence electrons. The summed E-state index contributed by atoms with van der Waals surface area (Å²) in [5.41, 5.74) is 3.45. The molecule has 0 aliphatic carbocycles. The number of rotatable bonds is 5.